The minimum absolute atomic E-state index is 0.114. The van der Waals surface area contributed by atoms with E-state index in [1.165, 1.54) is 6.42 Å². The molecule has 1 aliphatic heterocycles. The van der Waals surface area contributed by atoms with Crippen LogP contribution in [0.1, 0.15) is 46.0 Å². The van der Waals surface area contributed by atoms with Gasteiger partial charge in [0, 0.05) is 5.92 Å². The van der Waals surface area contributed by atoms with E-state index in [1.54, 1.807) is 13.8 Å². The SMILES string of the molecule is CC1OP(=O)(C(=O)C2CCCCC2)OC1C. The summed E-state index contributed by atoms with van der Waals surface area (Å²) in [5, 5.41) is 0. The Morgan fingerprint density at radius 1 is 1.06 bits per heavy atom. The average molecular weight is 246 g/mol. The molecule has 1 saturated carbocycles. The summed E-state index contributed by atoms with van der Waals surface area (Å²) in [6.07, 6.45) is 4.42. The lowest BCUT2D eigenvalue weighted by Gasteiger charge is -2.21. The molecule has 1 saturated heterocycles. The molecule has 2 rings (SSSR count). The molecule has 2 unspecified atom stereocenters. The van der Waals surface area contributed by atoms with Crippen LogP contribution in [0.25, 0.3) is 0 Å². The fourth-order valence-electron chi connectivity index (χ4n) is 2.31. The molecule has 5 heteroatoms. The van der Waals surface area contributed by atoms with Gasteiger partial charge in [0.15, 0.2) is 0 Å². The van der Waals surface area contributed by atoms with Gasteiger partial charge in [-0.1, -0.05) is 19.3 Å². The summed E-state index contributed by atoms with van der Waals surface area (Å²) >= 11 is 0. The van der Waals surface area contributed by atoms with Gasteiger partial charge in [-0.25, -0.2) is 0 Å². The zero-order chi connectivity index (χ0) is 11.8. The van der Waals surface area contributed by atoms with Gasteiger partial charge in [0.25, 0.3) is 0 Å². The molecule has 1 heterocycles. The molecule has 0 spiro atoms. The standard InChI is InChI=1S/C11H19O4P/c1-8-9(2)15-16(13,14-8)11(12)10-6-4-3-5-7-10/h8-10H,3-7H2,1-2H3. The summed E-state index contributed by atoms with van der Waals surface area (Å²) in [5.74, 6) is -0.114. The molecule has 2 aliphatic rings. The van der Waals surface area contributed by atoms with Crippen molar-refractivity contribution in [2.75, 3.05) is 0 Å². The second-order valence-electron chi connectivity index (χ2n) is 4.79. The van der Waals surface area contributed by atoms with Crippen LogP contribution in [0.4, 0.5) is 0 Å². The van der Waals surface area contributed by atoms with E-state index in [0.29, 0.717) is 0 Å². The summed E-state index contributed by atoms with van der Waals surface area (Å²) in [7, 11) is -3.48. The van der Waals surface area contributed by atoms with E-state index >= 15 is 0 Å². The molecule has 0 aromatic heterocycles. The van der Waals surface area contributed by atoms with Gasteiger partial charge in [0.2, 0.25) is 5.52 Å². The number of rotatable bonds is 2. The highest BCUT2D eigenvalue weighted by molar-refractivity contribution is 7.72. The summed E-state index contributed by atoms with van der Waals surface area (Å²) in [4.78, 5) is 12.1. The first-order chi connectivity index (χ1) is 7.53. The lowest BCUT2D eigenvalue weighted by Crippen LogP contribution is -2.18. The van der Waals surface area contributed by atoms with Crippen molar-refractivity contribution in [3.63, 3.8) is 0 Å². The molecule has 16 heavy (non-hydrogen) atoms. The lowest BCUT2D eigenvalue weighted by molar-refractivity contribution is -0.117. The average Bonchev–Trinajstić information content (AvgIpc) is 2.54. The smallest absolute Gasteiger partial charge is 0.297 e. The van der Waals surface area contributed by atoms with Crippen LogP contribution < -0.4 is 0 Å². The molecule has 92 valence electrons. The van der Waals surface area contributed by atoms with Crippen LogP contribution >= 0.6 is 7.60 Å². The third-order valence-electron chi connectivity index (χ3n) is 3.50. The molecule has 0 aromatic rings. The van der Waals surface area contributed by atoms with Gasteiger partial charge in [-0.05, 0) is 26.7 Å². The van der Waals surface area contributed by atoms with Crippen LogP contribution in [-0.2, 0) is 18.4 Å². The highest BCUT2D eigenvalue weighted by Gasteiger charge is 2.48. The van der Waals surface area contributed by atoms with Crippen molar-refractivity contribution < 1.29 is 18.4 Å². The maximum absolute atomic E-state index is 12.2. The van der Waals surface area contributed by atoms with E-state index in [-0.39, 0.29) is 23.7 Å². The third-order valence-corrected chi connectivity index (χ3v) is 5.62. The normalized spacial score (nSPS) is 41.1. The molecular formula is C11H19O4P. The molecular weight excluding hydrogens is 227 g/mol. The van der Waals surface area contributed by atoms with Crippen molar-refractivity contribution in [1.82, 2.24) is 0 Å². The van der Waals surface area contributed by atoms with Crippen molar-refractivity contribution in [3.05, 3.63) is 0 Å². The predicted octanol–water partition coefficient (Wildman–Crippen LogP) is 3.11. The van der Waals surface area contributed by atoms with Gasteiger partial charge in [0.1, 0.15) is 0 Å². The lowest BCUT2D eigenvalue weighted by atomic mass is 9.90. The van der Waals surface area contributed by atoms with Gasteiger partial charge >= 0.3 is 7.60 Å². The fourth-order valence-corrected chi connectivity index (χ4v) is 4.49. The third kappa shape index (κ3) is 2.24. The van der Waals surface area contributed by atoms with Gasteiger partial charge in [0.05, 0.1) is 12.2 Å². The Morgan fingerprint density at radius 2 is 1.56 bits per heavy atom. The maximum Gasteiger partial charge on any atom is 0.397 e. The van der Waals surface area contributed by atoms with E-state index < -0.39 is 7.60 Å². The van der Waals surface area contributed by atoms with E-state index in [4.69, 9.17) is 9.05 Å². The van der Waals surface area contributed by atoms with Gasteiger partial charge < -0.3 is 0 Å². The number of hydrogen-bond donors (Lipinski definition) is 0. The molecule has 1 aliphatic carbocycles. The summed E-state index contributed by atoms with van der Waals surface area (Å²) in [6.45, 7) is 3.58. The van der Waals surface area contributed by atoms with Gasteiger partial charge in [-0.3, -0.25) is 18.4 Å². The quantitative estimate of drug-likeness (QED) is 0.702. The van der Waals surface area contributed by atoms with Crippen molar-refractivity contribution in [2.45, 2.75) is 58.2 Å². The Kier molecular flexibility index (Phi) is 3.53. The summed E-state index contributed by atoms with van der Waals surface area (Å²) in [6, 6.07) is 0. The highest BCUT2D eigenvalue weighted by atomic mass is 31.2. The fraction of sp³-hybridized carbons (Fsp3) is 0.909. The second kappa shape index (κ2) is 4.59. The summed E-state index contributed by atoms with van der Waals surface area (Å²) < 4.78 is 22.8. The summed E-state index contributed by atoms with van der Waals surface area (Å²) in [5.41, 5.74) is -0.289. The van der Waals surface area contributed by atoms with Gasteiger partial charge in [-0.15, -0.1) is 0 Å². The van der Waals surface area contributed by atoms with Crippen molar-refractivity contribution in [2.24, 2.45) is 5.92 Å². The molecule has 2 atom stereocenters. The Hall–Kier alpha value is -0.180. The van der Waals surface area contributed by atoms with Crippen LogP contribution in [0.3, 0.4) is 0 Å². The monoisotopic (exact) mass is 246 g/mol. The first-order valence-electron chi connectivity index (χ1n) is 6.04. The second-order valence-corrected chi connectivity index (χ2v) is 6.65. The minimum atomic E-state index is -3.48. The van der Waals surface area contributed by atoms with E-state index in [1.807, 2.05) is 0 Å². The largest absolute Gasteiger partial charge is 0.397 e. The first-order valence-corrected chi connectivity index (χ1v) is 7.58. The Labute approximate surface area is 96.2 Å². The van der Waals surface area contributed by atoms with Crippen LogP contribution in [0.2, 0.25) is 0 Å². The molecule has 4 nitrogen and oxygen atoms in total. The Morgan fingerprint density at radius 3 is 2.06 bits per heavy atom. The molecule has 0 radical (unpaired) electrons. The van der Waals surface area contributed by atoms with E-state index in [0.717, 1.165) is 25.7 Å². The maximum atomic E-state index is 12.2. The molecule has 2 fully saturated rings. The molecule has 0 aromatic carbocycles. The zero-order valence-corrected chi connectivity index (χ0v) is 10.7. The number of carbonyl (C=O) groups excluding carboxylic acids is 1. The van der Waals surface area contributed by atoms with Crippen molar-refractivity contribution >= 4 is 13.1 Å². The minimum Gasteiger partial charge on any atom is -0.297 e. The van der Waals surface area contributed by atoms with Crippen molar-refractivity contribution in [1.29, 1.82) is 0 Å². The highest BCUT2D eigenvalue weighted by Crippen LogP contribution is 2.59. The van der Waals surface area contributed by atoms with Crippen LogP contribution in [-0.4, -0.2) is 17.7 Å². The Bertz CT molecular complexity index is 308. The zero-order valence-electron chi connectivity index (χ0n) is 9.85. The van der Waals surface area contributed by atoms with Crippen LogP contribution in [0.15, 0.2) is 0 Å². The number of carbonyl (C=O) groups is 1. The van der Waals surface area contributed by atoms with Gasteiger partial charge in [-0.2, -0.15) is 0 Å². The topological polar surface area (TPSA) is 52.6 Å². The van der Waals surface area contributed by atoms with E-state index in [2.05, 4.69) is 0 Å². The van der Waals surface area contributed by atoms with E-state index in [9.17, 15) is 9.36 Å². The predicted molar refractivity (Wildman–Crippen MR) is 60.3 cm³/mol. The molecule has 0 amide bonds. The van der Waals surface area contributed by atoms with Crippen LogP contribution in [0.5, 0.6) is 0 Å². The molecule has 0 N–H and O–H groups in total. The molecule has 0 bridgehead atoms. The first kappa shape index (κ1) is 12.3. The Balaban J connectivity index is 2.06. The van der Waals surface area contributed by atoms with Crippen LogP contribution in [0, 0.1) is 5.92 Å². The number of hydrogen-bond acceptors (Lipinski definition) is 4. The van der Waals surface area contributed by atoms with Crippen molar-refractivity contribution in [3.8, 4) is 0 Å².